The van der Waals surface area contributed by atoms with Crippen LogP contribution in [0.25, 0.3) is 0 Å². The lowest BCUT2D eigenvalue weighted by Crippen LogP contribution is -2.20. The summed E-state index contributed by atoms with van der Waals surface area (Å²) in [5.74, 6) is 0. The van der Waals surface area contributed by atoms with Crippen LogP contribution in [0, 0.1) is 20.8 Å². The van der Waals surface area contributed by atoms with Gasteiger partial charge in [-0.2, -0.15) is 0 Å². The van der Waals surface area contributed by atoms with Crippen molar-refractivity contribution in [1.82, 2.24) is 5.32 Å². The van der Waals surface area contributed by atoms with Gasteiger partial charge < -0.3 is 5.32 Å². The van der Waals surface area contributed by atoms with Gasteiger partial charge in [-0.15, -0.1) is 0 Å². The third kappa shape index (κ3) is 4.45. The summed E-state index contributed by atoms with van der Waals surface area (Å²) in [6.07, 6.45) is 5.31. The van der Waals surface area contributed by atoms with Gasteiger partial charge in [0.25, 0.3) is 0 Å². The molecule has 1 atom stereocenters. The number of hydrogen-bond acceptors (Lipinski definition) is 1. The van der Waals surface area contributed by atoms with Gasteiger partial charge in [0.05, 0.1) is 0 Å². The van der Waals surface area contributed by atoms with Crippen LogP contribution in [0.4, 0.5) is 0 Å². The zero-order valence-electron chi connectivity index (χ0n) is 12.8. The predicted molar refractivity (Wildman–Crippen MR) is 81.2 cm³/mol. The summed E-state index contributed by atoms with van der Waals surface area (Å²) in [5.41, 5.74) is 5.65. The van der Waals surface area contributed by atoms with Crippen molar-refractivity contribution in [3.05, 3.63) is 34.4 Å². The molecule has 0 aromatic heterocycles. The van der Waals surface area contributed by atoms with Gasteiger partial charge in [-0.1, -0.05) is 38.3 Å². The summed E-state index contributed by atoms with van der Waals surface area (Å²) >= 11 is 0. The molecule has 0 amide bonds. The van der Waals surface area contributed by atoms with E-state index in [1.165, 1.54) is 47.9 Å². The molecule has 1 heteroatoms. The largest absolute Gasteiger partial charge is 0.310 e. The molecule has 0 aliphatic heterocycles. The van der Waals surface area contributed by atoms with E-state index in [4.69, 9.17) is 0 Å². The van der Waals surface area contributed by atoms with Crippen molar-refractivity contribution in [2.75, 3.05) is 6.54 Å². The fourth-order valence-corrected chi connectivity index (χ4v) is 2.43. The lowest BCUT2D eigenvalue weighted by atomic mass is 9.96. The first-order chi connectivity index (χ1) is 8.56. The Hall–Kier alpha value is -0.820. The Labute approximate surface area is 113 Å². The molecule has 1 unspecified atom stereocenters. The maximum atomic E-state index is 3.65. The summed E-state index contributed by atoms with van der Waals surface area (Å²) < 4.78 is 0. The molecule has 0 fully saturated rings. The zero-order chi connectivity index (χ0) is 13.5. The molecule has 0 spiro atoms. The monoisotopic (exact) mass is 247 g/mol. The Morgan fingerprint density at radius 1 is 0.944 bits per heavy atom. The first-order valence-electron chi connectivity index (χ1n) is 7.37. The van der Waals surface area contributed by atoms with E-state index in [-0.39, 0.29) is 0 Å². The van der Waals surface area contributed by atoms with Crippen LogP contribution < -0.4 is 5.32 Å². The molecule has 1 aromatic carbocycles. The van der Waals surface area contributed by atoms with Crippen LogP contribution in [0.15, 0.2) is 12.1 Å². The van der Waals surface area contributed by atoms with Crippen molar-refractivity contribution < 1.29 is 0 Å². The van der Waals surface area contributed by atoms with E-state index in [0.717, 1.165) is 6.54 Å². The highest BCUT2D eigenvalue weighted by atomic mass is 14.9. The maximum absolute atomic E-state index is 3.65. The molecule has 0 radical (unpaired) electrons. The molecule has 1 N–H and O–H groups in total. The Kier molecular flexibility index (Phi) is 6.42. The number of rotatable bonds is 7. The zero-order valence-corrected chi connectivity index (χ0v) is 12.8. The number of unbranched alkanes of at least 4 members (excludes halogenated alkanes) is 3. The van der Waals surface area contributed by atoms with Crippen molar-refractivity contribution in [3.8, 4) is 0 Å². The van der Waals surface area contributed by atoms with Crippen LogP contribution in [0.5, 0.6) is 0 Å². The second kappa shape index (κ2) is 7.58. The fraction of sp³-hybridized carbons (Fsp3) is 0.647. The molecule has 1 rings (SSSR count). The molecular weight excluding hydrogens is 218 g/mol. The van der Waals surface area contributed by atoms with Crippen LogP contribution in [0.3, 0.4) is 0 Å². The number of nitrogens with one attached hydrogen (secondary N) is 1. The lowest BCUT2D eigenvalue weighted by molar-refractivity contribution is 0.535. The Morgan fingerprint density at radius 3 is 2.28 bits per heavy atom. The molecular formula is C17H29N. The molecule has 0 saturated carbocycles. The standard InChI is InChI=1S/C17H29N/c1-6-7-8-9-10-18-16(5)17-12-14(3)13(2)11-15(17)4/h11-12,16,18H,6-10H2,1-5H3. The lowest BCUT2D eigenvalue weighted by Gasteiger charge is -2.18. The van der Waals surface area contributed by atoms with Crippen molar-refractivity contribution in [2.45, 2.75) is 66.3 Å². The van der Waals surface area contributed by atoms with Gasteiger partial charge >= 0.3 is 0 Å². The maximum Gasteiger partial charge on any atom is 0.0294 e. The normalized spacial score (nSPS) is 12.7. The summed E-state index contributed by atoms with van der Waals surface area (Å²) in [6, 6.07) is 5.11. The van der Waals surface area contributed by atoms with Gasteiger partial charge in [0.2, 0.25) is 0 Å². The quantitative estimate of drug-likeness (QED) is 0.680. The topological polar surface area (TPSA) is 12.0 Å². The van der Waals surface area contributed by atoms with E-state index < -0.39 is 0 Å². The van der Waals surface area contributed by atoms with E-state index in [0.29, 0.717) is 6.04 Å². The highest BCUT2D eigenvalue weighted by molar-refractivity contribution is 5.37. The van der Waals surface area contributed by atoms with Gasteiger partial charge in [0.15, 0.2) is 0 Å². The SMILES string of the molecule is CCCCCCNC(C)c1cc(C)c(C)cc1C. The van der Waals surface area contributed by atoms with E-state index in [1.54, 1.807) is 0 Å². The van der Waals surface area contributed by atoms with Gasteiger partial charge in [-0.25, -0.2) is 0 Å². The Balaban J connectivity index is 2.51. The number of aryl methyl sites for hydroxylation is 3. The highest BCUT2D eigenvalue weighted by Gasteiger charge is 2.09. The van der Waals surface area contributed by atoms with Crippen LogP contribution in [0.1, 0.15) is 67.8 Å². The number of hydrogen-bond donors (Lipinski definition) is 1. The van der Waals surface area contributed by atoms with E-state index in [2.05, 4.69) is 52.1 Å². The second-order valence-electron chi connectivity index (χ2n) is 5.53. The minimum absolute atomic E-state index is 0.464. The summed E-state index contributed by atoms with van der Waals surface area (Å²) in [7, 11) is 0. The summed E-state index contributed by atoms with van der Waals surface area (Å²) in [5, 5.41) is 3.65. The molecule has 18 heavy (non-hydrogen) atoms. The van der Waals surface area contributed by atoms with Gasteiger partial charge in [0.1, 0.15) is 0 Å². The third-order valence-electron chi connectivity index (χ3n) is 3.83. The second-order valence-corrected chi connectivity index (χ2v) is 5.53. The smallest absolute Gasteiger partial charge is 0.0294 e. The third-order valence-corrected chi connectivity index (χ3v) is 3.83. The van der Waals surface area contributed by atoms with E-state index in [1.807, 2.05) is 0 Å². The Morgan fingerprint density at radius 2 is 1.61 bits per heavy atom. The fourth-order valence-electron chi connectivity index (χ4n) is 2.43. The highest BCUT2D eigenvalue weighted by Crippen LogP contribution is 2.21. The minimum atomic E-state index is 0.464. The molecule has 102 valence electrons. The average Bonchev–Trinajstić information content (AvgIpc) is 2.33. The molecule has 1 nitrogen and oxygen atoms in total. The molecule has 0 aliphatic carbocycles. The minimum Gasteiger partial charge on any atom is -0.310 e. The average molecular weight is 247 g/mol. The summed E-state index contributed by atoms with van der Waals surface area (Å²) in [6.45, 7) is 12.3. The first kappa shape index (κ1) is 15.2. The van der Waals surface area contributed by atoms with Gasteiger partial charge in [0, 0.05) is 6.04 Å². The molecule has 1 aromatic rings. The van der Waals surface area contributed by atoms with Crippen LogP contribution in [0.2, 0.25) is 0 Å². The molecule has 0 saturated heterocycles. The van der Waals surface area contributed by atoms with E-state index >= 15 is 0 Å². The van der Waals surface area contributed by atoms with E-state index in [9.17, 15) is 0 Å². The molecule has 0 aliphatic rings. The van der Waals surface area contributed by atoms with Crippen molar-refractivity contribution in [3.63, 3.8) is 0 Å². The van der Waals surface area contributed by atoms with Crippen LogP contribution >= 0.6 is 0 Å². The Bertz CT molecular complexity index is 368. The van der Waals surface area contributed by atoms with Crippen LogP contribution in [-0.4, -0.2) is 6.54 Å². The van der Waals surface area contributed by atoms with Gasteiger partial charge in [-0.3, -0.25) is 0 Å². The summed E-state index contributed by atoms with van der Waals surface area (Å²) in [4.78, 5) is 0. The molecule has 0 heterocycles. The van der Waals surface area contributed by atoms with Crippen molar-refractivity contribution >= 4 is 0 Å². The van der Waals surface area contributed by atoms with Crippen molar-refractivity contribution in [2.24, 2.45) is 0 Å². The van der Waals surface area contributed by atoms with Crippen molar-refractivity contribution in [1.29, 1.82) is 0 Å². The predicted octanol–water partition coefficient (Wildman–Crippen LogP) is 4.84. The van der Waals surface area contributed by atoms with Crippen LogP contribution in [-0.2, 0) is 0 Å². The van der Waals surface area contributed by atoms with Gasteiger partial charge in [-0.05, 0) is 62.9 Å². The first-order valence-corrected chi connectivity index (χ1v) is 7.37. The molecule has 0 bridgehead atoms. The number of benzene rings is 1.